The van der Waals surface area contributed by atoms with Crippen molar-refractivity contribution in [3.05, 3.63) is 100.0 Å². The molecule has 6 nitrogen and oxygen atoms in total. The Morgan fingerprint density at radius 1 is 1.02 bits per heavy atom. The summed E-state index contributed by atoms with van der Waals surface area (Å²) in [5.41, 5.74) is 4.34. The van der Waals surface area contributed by atoms with Crippen molar-refractivity contribution in [2.75, 3.05) is 20.8 Å². The molecule has 1 aliphatic carbocycles. The van der Waals surface area contributed by atoms with Crippen LogP contribution in [-0.4, -0.2) is 48.8 Å². The van der Waals surface area contributed by atoms with Crippen LogP contribution in [0.25, 0.3) is 6.08 Å². The summed E-state index contributed by atoms with van der Waals surface area (Å²) in [5.74, 6) is 1.48. The predicted molar refractivity (Wildman–Crippen MR) is 165 cm³/mol. The SMILES string of the molecule is COc1ccc(CCNC(=O)C2CCC3S/C(=C\c4ccccc4)C(=O)N(Cc4cccc(C)c4)C3C2)c(OC)c1. The van der Waals surface area contributed by atoms with Crippen molar-refractivity contribution in [3.63, 3.8) is 0 Å². The standard InChI is InChI=1S/C34H38N2O4S/c1-23-8-7-11-25(18-23)22-36-29-20-27(33(37)35-17-16-26-12-14-28(39-2)21-30(26)40-3)13-15-31(29)41-32(34(36)38)19-24-9-5-4-6-10-24/h4-12,14,18-19,21,27,29,31H,13,15-17,20,22H2,1-3H3,(H,35,37)/b32-19-. The molecule has 1 saturated heterocycles. The third-order valence-electron chi connectivity index (χ3n) is 8.00. The minimum atomic E-state index is -0.123. The van der Waals surface area contributed by atoms with Gasteiger partial charge in [-0.05, 0) is 61.4 Å². The largest absolute Gasteiger partial charge is 0.497 e. The Morgan fingerprint density at radius 3 is 2.61 bits per heavy atom. The number of nitrogens with zero attached hydrogens (tertiary/aromatic N) is 1. The van der Waals surface area contributed by atoms with Gasteiger partial charge in [0, 0.05) is 36.4 Å². The monoisotopic (exact) mass is 570 g/mol. The zero-order valence-electron chi connectivity index (χ0n) is 24.0. The highest BCUT2D eigenvalue weighted by atomic mass is 32.2. The Kier molecular flexibility index (Phi) is 9.35. The van der Waals surface area contributed by atoms with Crippen LogP contribution in [0.4, 0.5) is 0 Å². The van der Waals surface area contributed by atoms with Crippen molar-refractivity contribution in [2.24, 2.45) is 5.92 Å². The first-order valence-corrected chi connectivity index (χ1v) is 15.1. The van der Waals surface area contributed by atoms with Gasteiger partial charge in [-0.1, -0.05) is 66.2 Å². The van der Waals surface area contributed by atoms with E-state index in [0.717, 1.165) is 45.9 Å². The lowest BCUT2D eigenvalue weighted by molar-refractivity contribution is -0.133. The molecule has 3 aromatic rings. The zero-order chi connectivity index (χ0) is 28.8. The van der Waals surface area contributed by atoms with Gasteiger partial charge in [0.25, 0.3) is 5.91 Å². The lowest BCUT2D eigenvalue weighted by atomic mass is 9.83. The molecule has 3 aromatic carbocycles. The van der Waals surface area contributed by atoms with Crippen molar-refractivity contribution in [1.29, 1.82) is 0 Å². The molecule has 3 atom stereocenters. The minimum absolute atomic E-state index is 0.00659. The van der Waals surface area contributed by atoms with Gasteiger partial charge in [0.2, 0.25) is 5.91 Å². The highest BCUT2D eigenvalue weighted by molar-refractivity contribution is 8.04. The van der Waals surface area contributed by atoms with E-state index >= 15 is 0 Å². The molecule has 2 fully saturated rings. The highest BCUT2D eigenvalue weighted by Crippen LogP contribution is 2.44. The number of carbonyl (C=O) groups is 2. The van der Waals surface area contributed by atoms with E-state index in [1.807, 2.05) is 65.6 Å². The topological polar surface area (TPSA) is 67.9 Å². The second kappa shape index (κ2) is 13.3. The quantitative estimate of drug-likeness (QED) is 0.319. The number of hydrogen-bond donors (Lipinski definition) is 1. The molecule has 0 radical (unpaired) electrons. The number of benzene rings is 3. The summed E-state index contributed by atoms with van der Waals surface area (Å²) in [5, 5.41) is 3.42. The molecule has 1 saturated carbocycles. The van der Waals surface area contributed by atoms with Crippen molar-refractivity contribution in [3.8, 4) is 11.5 Å². The summed E-state index contributed by atoms with van der Waals surface area (Å²) in [4.78, 5) is 30.0. The molecule has 2 aliphatic rings. The summed E-state index contributed by atoms with van der Waals surface area (Å²) < 4.78 is 10.8. The maximum Gasteiger partial charge on any atom is 0.260 e. The molecule has 0 aromatic heterocycles. The van der Waals surface area contributed by atoms with E-state index in [4.69, 9.17) is 9.47 Å². The maximum atomic E-state index is 13.9. The van der Waals surface area contributed by atoms with Crippen molar-refractivity contribution in [1.82, 2.24) is 10.2 Å². The normalized spacial score (nSPS) is 21.3. The summed E-state index contributed by atoms with van der Waals surface area (Å²) >= 11 is 1.69. The van der Waals surface area contributed by atoms with Crippen LogP contribution < -0.4 is 14.8 Å². The van der Waals surface area contributed by atoms with Gasteiger partial charge in [0.15, 0.2) is 0 Å². The molecule has 7 heteroatoms. The first-order valence-electron chi connectivity index (χ1n) is 14.2. The number of methoxy groups -OCH3 is 2. The molecular weight excluding hydrogens is 532 g/mol. The molecule has 41 heavy (non-hydrogen) atoms. The average Bonchev–Trinajstić information content (AvgIpc) is 2.99. The average molecular weight is 571 g/mol. The molecule has 3 unspecified atom stereocenters. The lowest BCUT2D eigenvalue weighted by Gasteiger charge is -2.46. The Morgan fingerprint density at radius 2 is 1.85 bits per heavy atom. The predicted octanol–water partition coefficient (Wildman–Crippen LogP) is 6.02. The number of fused-ring (bicyclic) bond motifs is 1. The van der Waals surface area contributed by atoms with Gasteiger partial charge >= 0.3 is 0 Å². The van der Waals surface area contributed by atoms with Gasteiger partial charge < -0.3 is 19.7 Å². The number of amides is 2. The van der Waals surface area contributed by atoms with Gasteiger partial charge in [-0.2, -0.15) is 0 Å². The smallest absolute Gasteiger partial charge is 0.260 e. The van der Waals surface area contributed by atoms with E-state index in [0.29, 0.717) is 25.9 Å². The van der Waals surface area contributed by atoms with Crippen LogP contribution >= 0.6 is 11.8 Å². The molecular formula is C34H38N2O4S. The number of aryl methyl sites for hydroxylation is 1. The third kappa shape index (κ3) is 6.96. The zero-order valence-corrected chi connectivity index (χ0v) is 24.8. The Balaban J connectivity index is 1.29. The second-order valence-corrected chi connectivity index (χ2v) is 12.1. The van der Waals surface area contributed by atoms with Gasteiger partial charge in [-0.15, -0.1) is 11.8 Å². The van der Waals surface area contributed by atoms with Crippen molar-refractivity contribution >= 4 is 29.7 Å². The van der Waals surface area contributed by atoms with Crippen LogP contribution in [0.3, 0.4) is 0 Å². The van der Waals surface area contributed by atoms with Crippen molar-refractivity contribution < 1.29 is 19.1 Å². The van der Waals surface area contributed by atoms with E-state index in [-0.39, 0.29) is 29.0 Å². The summed E-state index contributed by atoms with van der Waals surface area (Å²) in [6.45, 7) is 3.14. The summed E-state index contributed by atoms with van der Waals surface area (Å²) in [7, 11) is 3.27. The number of ether oxygens (including phenoxy) is 2. The molecule has 0 spiro atoms. The number of hydrogen-bond acceptors (Lipinski definition) is 5. The fourth-order valence-corrected chi connectivity index (χ4v) is 7.26. The van der Waals surface area contributed by atoms with E-state index in [2.05, 4.69) is 30.4 Å². The second-order valence-electron chi connectivity index (χ2n) is 10.8. The fourth-order valence-electron chi connectivity index (χ4n) is 5.84. The third-order valence-corrected chi connectivity index (χ3v) is 9.40. The van der Waals surface area contributed by atoms with Crippen LogP contribution in [0.15, 0.2) is 77.7 Å². The van der Waals surface area contributed by atoms with Gasteiger partial charge in [-0.3, -0.25) is 9.59 Å². The van der Waals surface area contributed by atoms with Crippen LogP contribution in [0.5, 0.6) is 11.5 Å². The Labute approximate surface area is 247 Å². The fraction of sp³-hybridized carbons (Fsp3) is 0.353. The van der Waals surface area contributed by atoms with E-state index < -0.39 is 0 Å². The highest BCUT2D eigenvalue weighted by Gasteiger charge is 2.44. The lowest BCUT2D eigenvalue weighted by Crippen LogP contribution is -2.53. The summed E-state index contributed by atoms with van der Waals surface area (Å²) in [6.07, 6.45) is 5.06. The molecule has 5 rings (SSSR count). The van der Waals surface area contributed by atoms with E-state index in [1.165, 1.54) is 5.56 Å². The van der Waals surface area contributed by atoms with E-state index in [9.17, 15) is 9.59 Å². The Bertz CT molecular complexity index is 1410. The first kappa shape index (κ1) is 28.8. The molecule has 0 bridgehead atoms. The molecule has 1 N–H and O–H groups in total. The van der Waals surface area contributed by atoms with Crippen LogP contribution in [0.1, 0.15) is 41.5 Å². The van der Waals surface area contributed by atoms with Gasteiger partial charge in [0.05, 0.1) is 19.1 Å². The van der Waals surface area contributed by atoms with E-state index in [1.54, 1.807) is 26.0 Å². The number of rotatable bonds is 9. The van der Waals surface area contributed by atoms with Crippen LogP contribution in [0.2, 0.25) is 0 Å². The van der Waals surface area contributed by atoms with Gasteiger partial charge in [0.1, 0.15) is 11.5 Å². The number of carbonyl (C=O) groups excluding carboxylic acids is 2. The summed E-state index contributed by atoms with van der Waals surface area (Å²) in [6, 6.07) is 24.1. The van der Waals surface area contributed by atoms with Crippen LogP contribution in [0, 0.1) is 12.8 Å². The van der Waals surface area contributed by atoms with Gasteiger partial charge in [-0.25, -0.2) is 0 Å². The molecule has 1 heterocycles. The minimum Gasteiger partial charge on any atom is -0.497 e. The van der Waals surface area contributed by atoms with Crippen LogP contribution in [-0.2, 0) is 22.6 Å². The number of thioether (sulfide) groups is 1. The first-order chi connectivity index (χ1) is 19.9. The Hall–Kier alpha value is -3.71. The molecule has 214 valence electrons. The molecule has 2 amide bonds. The van der Waals surface area contributed by atoms with Crippen molar-refractivity contribution in [2.45, 2.75) is 50.4 Å². The maximum absolute atomic E-state index is 13.9. The number of nitrogens with one attached hydrogen (secondary N) is 1. The molecule has 1 aliphatic heterocycles.